The predicted octanol–water partition coefficient (Wildman–Crippen LogP) is 2.54. The molecule has 16 heavy (non-hydrogen) atoms. The fourth-order valence-electron chi connectivity index (χ4n) is 1.08. The number of hydrogen-bond donors (Lipinski definition) is 0. The zero-order valence-corrected chi connectivity index (χ0v) is 8.41. The third-order valence-electron chi connectivity index (χ3n) is 1.76. The first-order chi connectivity index (χ1) is 7.51. The van der Waals surface area contributed by atoms with Crippen LogP contribution in [-0.2, 0) is 5.88 Å². The first-order valence-electron chi connectivity index (χ1n) is 3.93. The van der Waals surface area contributed by atoms with Gasteiger partial charge < -0.3 is 10.1 Å². The Kier molecular flexibility index (Phi) is 3.68. The lowest BCUT2D eigenvalue weighted by Crippen LogP contribution is -2.04. The summed E-state index contributed by atoms with van der Waals surface area (Å²) in [7, 11) is 0. The molecule has 0 spiro atoms. The van der Waals surface area contributed by atoms with Crippen molar-refractivity contribution in [2.24, 2.45) is 0 Å². The second kappa shape index (κ2) is 4.81. The summed E-state index contributed by atoms with van der Waals surface area (Å²) in [5, 5.41) is 19.1. The molecule has 8 heteroatoms. The van der Waals surface area contributed by atoms with Crippen LogP contribution >= 0.6 is 11.6 Å². The number of halogens is 3. The fraction of sp³-hybridized carbons (Fsp3) is 0.250. The summed E-state index contributed by atoms with van der Waals surface area (Å²) in [5.41, 5.74) is -1.23. The van der Waals surface area contributed by atoms with E-state index in [0.717, 1.165) is 6.07 Å². The Morgan fingerprint density at radius 3 is 2.69 bits per heavy atom. The van der Waals surface area contributed by atoms with E-state index >= 15 is 0 Å². The number of pyridine rings is 1. The van der Waals surface area contributed by atoms with Gasteiger partial charge in [-0.05, 0) is 16.0 Å². The van der Waals surface area contributed by atoms with Crippen LogP contribution in [0.2, 0.25) is 0 Å². The highest BCUT2D eigenvalue weighted by atomic mass is 35.5. The minimum absolute atomic E-state index is 0.0844. The molecular formula is C8H4ClF2N3O2. The van der Waals surface area contributed by atoms with Crippen molar-refractivity contribution in [2.45, 2.75) is 12.3 Å². The van der Waals surface area contributed by atoms with Gasteiger partial charge in [-0.25, -0.2) is 8.78 Å². The van der Waals surface area contributed by atoms with Crippen molar-refractivity contribution in [1.82, 2.24) is 4.98 Å². The number of aromatic nitrogens is 1. The molecule has 0 aromatic carbocycles. The zero-order valence-electron chi connectivity index (χ0n) is 7.65. The van der Waals surface area contributed by atoms with Crippen LogP contribution in [0.5, 0.6) is 0 Å². The van der Waals surface area contributed by atoms with Crippen LogP contribution in [0.3, 0.4) is 0 Å². The van der Waals surface area contributed by atoms with Gasteiger partial charge in [-0.3, -0.25) is 0 Å². The first-order valence-corrected chi connectivity index (χ1v) is 4.47. The van der Waals surface area contributed by atoms with Crippen LogP contribution in [0.1, 0.15) is 23.2 Å². The Morgan fingerprint density at radius 1 is 1.69 bits per heavy atom. The maximum atomic E-state index is 12.5. The molecule has 0 radical (unpaired) electrons. The fourth-order valence-corrected chi connectivity index (χ4v) is 1.29. The van der Waals surface area contributed by atoms with Crippen LogP contribution in [0.4, 0.5) is 14.6 Å². The molecule has 1 aromatic heterocycles. The van der Waals surface area contributed by atoms with Gasteiger partial charge in [-0.15, -0.1) is 11.6 Å². The Hall–Kier alpha value is -1.81. The van der Waals surface area contributed by atoms with E-state index < -0.39 is 22.9 Å². The highest BCUT2D eigenvalue weighted by molar-refractivity contribution is 6.17. The van der Waals surface area contributed by atoms with E-state index in [1.165, 1.54) is 6.07 Å². The standard InChI is InChI=1S/C8H4ClF2N3O2/c9-2-4-1-5(3-12)8(14(15)16)13-6(4)7(10)11/h1,7H,2H2. The number of alkyl halides is 3. The molecule has 1 aromatic rings. The predicted molar refractivity (Wildman–Crippen MR) is 50.1 cm³/mol. The van der Waals surface area contributed by atoms with Gasteiger partial charge in [0.05, 0.1) is 5.88 Å². The number of hydrogen-bond acceptors (Lipinski definition) is 4. The Balaban J connectivity index is 3.48. The number of nitrogens with zero attached hydrogens (tertiary/aromatic N) is 3. The van der Waals surface area contributed by atoms with Gasteiger partial charge in [0.25, 0.3) is 0 Å². The molecule has 0 fully saturated rings. The molecule has 0 bridgehead atoms. The monoisotopic (exact) mass is 247 g/mol. The molecule has 0 aliphatic carbocycles. The van der Waals surface area contributed by atoms with Gasteiger partial charge in [-0.1, -0.05) is 0 Å². The maximum absolute atomic E-state index is 12.5. The third kappa shape index (κ3) is 2.23. The molecular weight excluding hydrogens is 244 g/mol. The van der Waals surface area contributed by atoms with Crippen LogP contribution in [0.15, 0.2) is 6.07 Å². The lowest BCUT2D eigenvalue weighted by molar-refractivity contribution is -0.390. The SMILES string of the molecule is N#Cc1cc(CCl)c(C(F)F)nc1[N+](=O)[O-]. The van der Waals surface area contributed by atoms with E-state index in [1.54, 1.807) is 0 Å². The molecule has 0 atom stereocenters. The number of rotatable bonds is 3. The molecule has 0 unspecified atom stereocenters. The Bertz CT molecular complexity index is 473. The largest absolute Gasteiger partial charge is 0.381 e. The lowest BCUT2D eigenvalue weighted by Gasteiger charge is -2.02. The van der Waals surface area contributed by atoms with Crippen LogP contribution in [0, 0.1) is 21.4 Å². The van der Waals surface area contributed by atoms with E-state index in [1.807, 2.05) is 0 Å². The number of nitriles is 1. The van der Waals surface area contributed by atoms with Crippen molar-refractivity contribution in [1.29, 1.82) is 5.26 Å². The van der Waals surface area contributed by atoms with E-state index in [0.29, 0.717) is 0 Å². The first kappa shape index (κ1) is 12.3. The molecule has 0 saturated heterocycles. The average molecular weight is 248 g/mol. The van der Waals surface area contributed by atoms with Crippen molar-refractivity contribution >= 4 is 17.4 Å². The van der Waals surface area contributed by atoms with Gasteiger partial charge in [0.1, 0.15) is 11.6 Å². The topological polar surface area (TPSA) is 79.8 Å². The summed E-state index contributed by atoms with van der Waals surface area (Å²) < 4.78 is 24.9. The minimum atomic E-state index is -2.97. The van der Waals surface area contributed by atoms with Crippen molar-refractivity contribution in [3.63, 3.8) is 0 Å². The molecule has 0 N–H and O–H groups in total. The summed E-state index contributed by atoms with van der Waals surface area (Å²) in [6, 6.07) is 2.47. The summed E-state index contributed by atoms with van der Waals surface area (Å²) in [4.78, 5) is 12.6. The van der Waals surface area contributed by atoms with E-state index in [9.17, 15) is 18.9 Å². The second-order valence-electron chi connectivity index (χ2n) is 2.71. The van der Waals surface area contributed by atoms with E-state index in [4.69, 9.17) is 16.9 Å². The van der Waals surface area contributed by atoms with Gasteiger partial charge >= 0.3 is 12.2 Å². The van der Waals surface area contributed by atoms with Gasteiger partial charge in [0, 0.05) is 5.56 Å². The second-order valence-corrected chi connectivity index (χ2v) is 2.97. The Labute approximate surface area is 93.4 Å². The van der Waals surface area contributed by atoms with Crippen molar-refractivity contribution < 1.29 is 13.7 Å². The molecule has 1 rings (SSSR count). The molecule has 84 valence electrons. The molecule has 0 aliphatic heterocycles. The average Bonchev–Trinajstić information content (AvgIpc) is 2.26. The molecule has 0 aliphatic rings. The Morgan fingerprint density at radius 2 is 2.31 bits per heavy atom. The molecule has 5 nitrogen and oxygen atoms in total. The van der Waals surface area contributed by atoms with Crippen LogP contribution < -0.4 is 0 Å². The summed E-state index contributed by atoms with van der Waals surface area (Å²) in [6.45, 7) is 0. The van der Waals surface area contributed by atoms with Gasteiger partial charge in [0.15, 0.2) is 0 Å². The summed E-state index contributed by atoms with van der Waals surface area (Å²) in [5.74, 6) is -1.18. The summed E-state index contributed by atoms with van der Waals surface area (Å²) >= 11 is 5.38. The maximum Gasteiger partial charge on any atom is 0.381 e. The van der Waals surface area contributed by atoms with Crippen molar-refractivity contribution in [3.8, 4) is 6.07 Å². The van der Waals surface area contributed by atoms with Crippen LogP contribution in [0.25, 0.3) is 0 Å². The molecule has 0 amide bonds. The van der Waals surface area contributed by atoms with Gasteiger partial charge in [-0.2, -0.15) is 5.26 Å². The van der Waals surface area contributed by atoms with Crippen LogP contribution in [-0.4, -0.2) is 9.91 Å². The smallest absolute Gasteiger partial charge is 0.358 e. The molecule has 1 heterocycles. The molecule has 0 saturated carbocycles. The summed E-state index contributed by atoms with van der Waals surface area (Å²) in [6.07, 6.45) is -2.97. The van der Waals surface area contributed by atoms with Crippen molar-refractivity contribution in [2.75, 3.05) is 0 Å². The lowest BCUT2D eigenvalue weighted by atomic mass is 10.1. The zero-order chi connectivity index (χ0) is 12.3. The van der Waals surface area contributed by atoms with E-state index in [-0.39, 0.29) is 17.0 Å². The quantitative estimate of drug-likeness (QED) is 0.467. The normalized spacial score (nSPS) is 10.2. The van der Waals surface area contributed by atoms with Gasteiger partial charge in [0.2, 0.25) is 5.69 Å². The van der Waals surface area contributed by atoms with E-state index in [2.05, 4.69) is 4.98 Å². The highest BCUT2D eigenvalue weighted by Gasteiger charge is 2.26. The third-order valence-corrected chi connectivity index (χ3v) is 2.05. The minimum Gasteiger partial charge on any atom is -0.358 e. The number of nitro groups is 1. The highest BCUT2D eigenvalue weighted by Crippen LogP contribution is 2.27. The van der Waals surface area contributed by atoms with Crippen molar-refractivity contribution in [3.05, 3.63) is 33.0 Å².